The molecule has 1 aromatic carbocycles. The van der Waals surface area contributed by atoms with Gasteiger partial charge in [0.2, 0.25) is 11.9 Å². The number of carbonyl (C=O) groups excluding carboxylic acids is 1. The standard InChI is InChI=1S/C26H30N8O/c1-32-9-7-21(31-32)20-4-5-22-23(16-20)29-26(28-22)30-24-14-19(6-8-27-24)17-33-10-12-34(13-11-33)25(35)15-18-2-3-18/h4-9,14,16,18H,2-3,10-13,15,17H2,1H3,(H2,27,28,29,30). The van der Waals surface area contributed by atoms with E-state index in [0.717, 1.165) is 67.3 Å². The van der Waals surface area contributed by atoms with Crippen LogP contribution in [0.2, 0.25) is 0 Å². The lowest BCUT2D eigenvalue weighted by Gasteiger charge is -2.34. The molecule has 9 heteroatoms. The van der Waals surface area contributed by atoms with Gasteiger partial charge in [0.1, 0.15) is 5.82 Å². The third-order valence-electron chi connectivity index (χ3n) is 6.85. The fraction of sp³-hybridized carbons (Fsp3) is 0.385. The van der Waals surface area contributed by atoms with E-state index in [0.29, 0.717) is 17.8 Å². The maximum Gasteiger partial charge on any atom is 0.222 e. The highest BCUT2D eigenvalue weighted by Gasteiger charge is 2.28. The van der Waals surface area contributed by atoms with Crippen molar-refractivity contribution in [2.45, 2.75) is 25.8 Å². The number of aromatic amines is 1. The molecule has 1 amide bonds. The van der Waals surface area contributed by atoms with Gasteiger partial charge in [0.05, 0.1) is 16.7 Å². The maximum atomic E-state index is 12.4. The van der Waals surface area contributed by atoms with E-state index in [1.54, 1.807) is 4.68 Å². The maximum absolute atomic E-state index is 12.4. The van der Waals surface area contributed by atoms with E-state index in [1.807, 2.05) is 48.6 Å². The second kappa shape index (κ2) is 9.14. The Labute approximate surface area is 204 Å². The summed E-state index contributed by atoms with van der Waals surface area (Å²) in [6, 6.07) is 12.2. The van der Waals surface area contributed by atoms with Crippen LogP contribution in [0, 0.1) is 5.92 Å². The summed E-state index contributed by atoms with van der Waals surface area (Å²) in [6.07, 6.45) is 6.96. The number of pyridine rings is 1. The Morgan fingerprint density at radius 2 is 1.97 bits per heavy atom. The monoisotopic (exact) mass is 470 g/mol. The summed E-state index contributed by atoms with van der Waals surface area (Å²) in [7, 11) is 1.91. The first-order chi connectivity index (χ1) is 17.1. The van der Waals surface area contributed by atoms with Gasteiger partial charge in [-0.15, -0.1) is 0 Å². The van der Waals surface area contributed by atoms with E-state index in [-0.39, 0.29) is 0 Å². The molecule has 2 fully saturated rings. The quantitative estimate of drug-likeness (QED) is 0.429. The van der Waals surface area contributed by atoms with Crippen LogP contribution >= 0.6 is 0 Å². The van der Waals surface area contributed by atoms with E-state index >= 15 is 0 Å². The molecule has 4 aromatic rings. The number of amides is 1. The fourth-order valence-corrected chi connectivity index (χ4v) is 4.67. The summed E-state index contributed by atoms with van der Waals surface area (Å²) in [4.78, 5) is 29.3. The van der Waals surface area contributed by atoms with E-state index in [4.69, 9.17) is 0 Å². The molecule has 6 rings (SSSR count). The van der Waals surface area contributed by atoms with Crippen molar-refractivity contribution < 1.29 is 4.79 Å². The fourth-order valence-electron chi connectivity index (χ4n) is 4.67. The van der Waals surface area contributed by atoms with Gasteiger partial charge >= 0.3 is 0 Å². The topological polar surface area (TPSA) is 95.0 Å². The summed E-state index contributed by atoms with van der Waals surface area (Å²) >= 11 is 0. The summed E-state index contributed by atoms with van der Waals surface area (Å²) in [5, 5.41) is 7.79. The summed E-state index contributed by atoms with van der Waals surface area (Å²) in [6.45, 7) is 4.30. The molecule has 1 saturated heterocycles. The zero-order valence-corrected chi connectivity index (χ0v) is 19.9. The highest BCUT2D eigenvalue weighted by atomic mass is 16.2. The number of imidazole rings is 1. The number of aryl methyl sites for hydroxylation is 1. The molecule has 2 aliphatic rings. The number of H-pyrrole nitrogens is 1. The van der Waals surface area contributed by atoms with Gasteiger partial charge in [0.15, 0.2) is 0 Å². The first-order valence-corrected chi connectivity index (χ1v) is 12.3. The third-order valence-corrected chi connectivity index (χ3v) is 6.85. The molecule has 180 valence electrons. The second-order valence-corrected chi connectivity index (χ2v) is 9.67. The predicted molar refractivity (Wildman–Crippen MR) is 135 cm³/mol. The minimum absolute atomic E-state index is 0.334. The Bertz CT molecular complexity index is 1350. The molecule has 0 radical (unpaired) electrons. The van der Waals surface area contributed by atoms with Crippen LogP contribution < -0.4 is 5.32 Å². The minimum atomic E-state index is 0.334. The molecule has 1 aliphatic heterocycles. The smallest absolute Gasteiger partial charge is 0.222 e. The molecule has 2 N–H and O–H groups in total. The average molecular weight is 471 g/mol. The van der Waals surface area contributed by atoms with Crippen molar-refractivity contribution >= 4 is 28.7 Å². The minimum Gasteiger partial charge on any atom is -0.340 e. The van der Waals surface area contributed by atoms with Crippen molar-refractivity contribution in [3.05, 3.63) is 54.4 Å². The van der Waals surface area contributed by atoms with E-state index in [2.05, 4.69) is 42.4 Å². The lowest BCUT2D eigenvalue weighted by molar-refractivity contribution is -0.133. The third kappa shape index (κ3) is 5.05. The van der Waals surface area contributed by atoms with Crippen molar-refractivity contribution in [3.8, 4) is 11.3 Å². The van der Waals surface area contributed by atoms with Crippen molar-refractivity contribution in [1.29, 1.82) is 0 Å². The predicted octanol–water partition coefficient (Wildman–Crippen LogP) is 3.55. The largest absolute Gasteiger partial charge is 0.340 e. The number of anilines is 2. The van der Waals surface area contributed by atoms with Gasteiger partial charge in [-0.2, -0.15) is 5.10 Å². The zero-order chi connectivity index (χ0) is 23.8. The Hall–Kier alpha value is -3.72. The number of hydrogen-bond donors (Lipinski definition) is 2. The number of carbonyl (C=O) groups is 1. The summed E-state index contributed by atoms with van der Waals surface area (Å²) < 4.78 is 1.80. The highest BCUT2D eigenvalue weighted by Crippen LogP contribution is 2.33. The van der Waals surface area contributed by atoms with Gasteiger partial charge in [-0.3, -0.25) is 14.4 Å². The molecule has 1 aliphatic carbocycles. The number of fused-ring (bicyclic) bond motifs is 1. The lowest BCUT2D eigenvalue weighted by Crippen LogP contribution is -2.48. The Balaban J connectivity index is 1.08. The number of nitrogens with zero attached hydrogens (tertiary/aromatic N) is 6. The van der Waals surface area contributed by atoms with Gasteiger partial charge in [-0.25, -0.2) is 9.97 Å². The summed E-state index contributed by atoms with van der Waals surface area (Å²) in [5.41, 5.74) is 5.00. The number of nitrogens with one attached hydrogen (secondary N) is 2. The molecule has 0 unspecified atom stereocenters. The molecule has 0 atom stereocenters. The molecule has 35 heavy (non-hydrogen) atoms. The van der Waals surface area contributed by atoms with Crippen LogP contribution in [-0.2, 0) is 18.4 Å². The van der Waals surface area contributed by atoms with E-state index < -0.39 is 0 Å². The molecule has 9 nitrogen and oxygen atoms in total. The second-order valence-electron chi connectivity index (χ2n) is 9.67. The van der Waals surface area contributed by atoms with Crippen LogP contribution in [0.4, 0.5) is 11.8 Å². The van der Waals surface area contributed by atoms with Crippen LogP contribution in [0.25, 0.3) is 22.3 Å². The molecular formula is C26H30N8O. The number of piperazine rings is 1. The number of rotatable bonds is 7. The Kier molecular flexibility index (Phi) is 5.69. The van der Waals surface area contributed by atoms with Crippen LogP contribution in [0.3, 0.4) is 0 Å². The van der Waals surface area contributed by atoms with Crippen molar-refractivity contribution in [1.82, 2.24) is 34.5 Å². The number of benzene rings is 1. The molecule has 1 saturated carbocycles. The zero-order valence-electron chi connectivity index (χ0n) is 19.9. The summed E-state index contributed by atoms with van der Waals surface area (Å²) in [5.74, 6) is 2.40. The normalized spacial score (nSPS) is 16.7. The Morgan fingerprint density at radius 3 is 2.74 bits per heavy atom. The molecule has 3 aromatic heterocycles. The SMILES string of the molecule is Cn1ccc(-c2ccc3nc(Nc4cc(CN5CCN(C(=O)CC6CC6)CC5)ccn4)[nH]c3c2)n1. The van der Waals surface area contributed by atoms with Gasteiger partial charge in [0.25, 0.3) is 0 Å². The van der Waals surface area contributed by atoms with Crippen LogP contribution in [0.15, 0.2) is 48.8 Å². The lowest BCUT2D eigenvalue weighted by atomic mass is 10.1. The first kappa shape index (κ1) is 21.8. The Morgan fingerprint density at radius 1 is 1.11 bits per heavy atom. The number of hydrogen-bond acceptors (Lipinski definition) is 6. The van der Waals surface area contributed by atoms with Gasteiger partial charge in [-0.1, -0.05) is 6.07 Å². The van der Waals surface area contributed by atoms with Crippen LogP contribution in [-0.4, -0.2) is 66.6 Å². The molecule has 0 bridgehead atoms. The van der Waals surface area contributed by atoms with E-state index in [1.165, 1.54) is 18.4 Å². The van der Waals surface area contributed by atoms with E-state index in [9.17, 15) is 4.79 Å². The highest BCUT2D eigenvalue weighted by molar-refractivity contribution is 5.83. The average Bonchev–Trinajstić information content (AvgIpc) is 3.41. The first-order valence-electron chi connectivity index (χ1n) is 12.3. The van der Waals surface area contributed by atoms with Gasteiger partial charge in [0, 0.05) is 64.1 Å². The molecule has 0 spiro atoms. The molecular weight excluding hydrogens is 440 g/mol. The van der Waals surface area contributed by atoms with Crippen LogP contribution in [0.1, 0.15) is 24.8 Å². The molecule has 4 heterocycles. The van der Waals surface area contributed by atoms with Crippen molar-refractivity contribution in [2.75, 3.05) is 31.5 Å². The number of aromatic nitrogens is 5. The van der Waals surface area contributed by atoms with Gasteiger partial charge in [-0.05, 0) is 54.7 Å². The van der Waals surface area contributed by atoms with Gasteiger partial charge < -0.3 is 15.2 Å². The van der Waals surface area contributed by atoms with Crippen LogP contribution in [0.5, 0.6) is 0 Å². The van der Waals surface area contributed by atoms with Crippen molar-refractivity contribution in [2.24, 2.45) is 13.0 Å². The van der Waals surface area contributed by atoms with Crippen molar-refractivity contribution in [3.63, 3.8) is 0 Å².